The van der Waals surface area contributed by atoms with Crippen LogP contribution in [0.15, 0.2) is 36.4 Å². The smallest absolute Gasteiger partial charge is 0.257 e. The zero-order valence-corrected chi connectivity index (χ0v) is 17.6. The zero-order chi connectivity index (χ0) is 23.3. The molecule has 0 saturated carbocycles. The van der Waals surface area contributed by atoms with Crippen LogP contribution in [0.1, 0.15) is 53.2 Å². The number of benzene rings is 2. The van der Waals surface area contributed by atoms with Crippen LogP contribution >= 0.6 is 0 Å². The van der Waals surface area contributed by atoms with Crippen LogP contribution in [0.25, 0.3) is 0 Å². The van der Waals surface area contributed by atoms with Crippen LogP contribution in [0.3, 0.4) is 0 Å². The molecule has 1 spiro atoms. The summed E-state index contributed by atoms with van der Waals surface area (Å²) in [5.74, 6) is -3.04. The molecule has 3 fully saturated rings. The molecule has 3 aliphatic rings. The molecule has 33 heavy (non-hydrogen) atoms. The minimum Gasteiger partial charge on any atom is -0.342 e. The molecule has 0 aliphatic carbocycles. The fourth-order valence-corrected chi connectivity index (χ4v) is 5.16. The lowest BCUT2D eigenvalue weighted by Crippen LogP contribution is -2.51. The molecule has 5 rings (SSSR count). The van der Waals surface area contributed by atoms with Crippen molar-refractivity contribution in [3.05, 3.63) is 70.5 Å². The fraction of sp³-hybridized carbons (Fsp3) is 0.375. The van der Waals surface area contributed by atoms with Gasteiger partial charge in [0.25, 0.3) is 11.8 Å². The Labute approximate surface area is 188 Å². The molecule has 0 bridgehead atoms. The Hall–Kier alpha value is -3.38. The van der Waals surface area contributed by atoms with Gasteiger partial charge in [-0.25, -0.2) is 13.2 Å². The average molecular weight is 455 g/mol. The predicted molar refractivity (Wildman–Crippen MR) is 109 cm³/mol. The van der Waals surface area contributed by atoms with Crippen LogP contribution < -0.4 is 0 Å². The standard InChI is InChI=1S/C24H20F3N3O3/c25-16-10-15(11-17(26)12-16)19-4-5-20-30(19)23(32)24(33-20)6-8-29(9-7-24)22(31)18-3-1-2-14(13-28)21(18)27/h1-3,10-12,19-20H,4-9H2. The molecule has 2 amide bonds. The van der Waals surface area contributed by atoms with E-state index in [2.05, 4.69) is 0 Å². The Balaban J connectivity index is 1.32. The Morgan fingerprint density at radius 3 is 2.45 bits per heavy atom. The molecule has 3 heterocycles. The second kappa shape index (κ2) is 7.89. The van der Waals surface area contributed by atoms with Gasteiger partial charge in [-0.15, -0.1) is 0 Å². The number of nitrogens with zero attached hydrogens (tertiary/aromatic N) is 3. The van der Waals surface area contributed by atoms with Gasteiger partial charge >= 0.3 is 0 Å². The topological polar surface area (TPSA) is 73.6 Å². The molecular formula is C24H20F3N3O3. The minimum absolute atomic E-state index is 0.181. The number of amides is 2. The van der Waals surface area contributed by atoms with E-state index in [4.69, 9.17) is 10.00 Å². The van der Waals surface area contributed by atoms with E-state index in [1.165, 1.54) is 35.2 Å². The summed E-state index contributed by atoms with van der Waals surface area (Å²) in [6.07, 6.45) is 1.06. The van der Waals surface area contributed by atoms with Gasteiger partial charge in [0.05, 0.1) is 17.2 Å². The highest BCUT2D eigenvalue weighted by Gasteiger charge is 2.58. The maximum Gasteiger partial charge on any atom is 0.257 e. The van der Waals surface area contributed by atoms with E-state index < -0.39 is 41.2 Å². The van der Waals surface area contributed by atoms with Gasteiger partial charge in [-0.3, -0.25) is 9.59 Å². The summed E-state index contributed by atoms with van der Waals surface area (Å²) < 4.78 is 48.1. The summed E-state index contributed by atoms with van der Waals surface area (Å²) in [4.78, 5) is 29.3. The molecule has 3 aliphatic heterocycles. The van der Waals surface area contributed by atoms with E-state index in [1.54, 1.807) is 11.0 Å². The van der Waals surface area contributed by atoms with Gasteiger partial charge < -0.3 is 14.5 Å². The Morgan fingerprint density at radius 2 is 1.79 bits per heavy atom. The summed E-state index contributed by atoms with van der Waals surface area (Å²) in [6.45, 7) is 0.362. The number of hydrogen-bond acceptors (Lipinski definition) is 4. The van der Waals surface area contributed by atoms with Crippen LogP contribution in [-0.4, -0.2) is 46.5 Å². The van der Waals surface area contributed by atoms with Crippen molar-refractivity contribution in [2.75, 3.05) is 13.1 Å². The Bertz CT molecular complexity index is 1170. The van der Waals surface area contributed by atoms with Crippen molar-refractivity contribution in [2.24, 2.45) is 0 Å². The Kier molecular flexibility index (Phi) is 5.13. The molecule has 3 saturated heterocycles. The maximum absolute atomic E-state index is 14.4. The summed E-state index contributed by atoms with van der Waals surface area (Å²) in [6, 6.07) is 8.60. The van der Waals surface area contributed by atoms with Crippen molar-refractivity contribution in [1.29, 1.82) is 5.26 Å². The highest BCUT2D eigenvalue weighted by atomic mass is 19.1. The number of nitriles is 1. The highest BCUT2D eigenvalue weighted by Crippen LogP contribution is 2.47. The molecule has 2 aromatic rings. The lowest BCUT2D eigenvalue weighted by molar-refractivity contribution is -0.142. The van der Waals surface area contributed by atoms with Crippen molar-refractivity contribution in [3.63, 3.8) is 0 Å². The first-order valence-corrected chi connectivity index (χ1v) is 10.8. The van der Waals surface area contributed by atoms with Crippen molar-refractivity contribution >= 4 is 11.8 Å². The van der Waals surface area contributed by atoms with Crippen molar-refractivity contribution in [3.8, 4) is 6.07 Å². The molecular weight excluding hydrogens is 435 g/mol. The molecule has 170 valence electrons. The lowest BCUT2D eigenvalue weighted by atomic mass is 9.89. The number of likely N-dealkylation sites (tertiary alicyclic amines) is 1. The SMILES string of the molecule is N#Cc1cccc(C(=O)N2CCC3(CC2)OC2CCC(c4cc(F)cc(F)c4)N2C3=O)c1F. The van der Waals surface area contributed by atoms with Crippen LogP contribution in [0.4, 0.5) is 13.2 Å². The van der Waals surface area contributed by atoms with E-state index >= 15 is 0 Å². The van der Waals surface area contributed by atoms with Crippen LogP contribution in [0.5, 0.6) is 0 Å². The van der Waals surface area contributed by atoms with Gasteiger partial charge in [0.1, 0.15) is 23.9 Å². The lowest BCUT2D eigenvalue weighted by Gasteiger charge is -2.37. The minimum atomic E-state index is -1.11. The van der Waals surface area contributed by atoms with E-state index in [9.17, 15) is 22.8 Å². The number of halogens is 3. The highest BCUT2D eigenvalue weighted by molar-refractivity contribution is 5.95. The monoisotopic (exact) mass is 455 g/mol. The maximum atomic E-state index is 14.4. The molecule has 6 nitrogen and oxygen atoms in total. The largest absolute Gasteiger partial charge is 0.342 e. The number of piperidine rings is 1. The van der Waals surface area contributed by atoms with Crippen LogP contribution in [0.2, 0.25) is 0 Å². The Morgan fingerprint density at radius 1 is 1.09 bits per heavy atom. The van der Waals surface area contributed by atoms with Crippen molar-refractivity contribution in [1.82, 2.24) is 9.80 Å². The number of rotatable bonds is 2. The molecule has 2 atom stereocenters. The summed E-state index contributed by atoms with van der Waals surface area (Å²) >= 11 is 0. The van der Waals surface area contributed by atoms with Gasteiger partial charge in [0, 0.05) is 32.0 Å². The molecule has 0 N–H and O–H groups in total. The van der Waals surface area contributed by atoms with Gasteiger partial charge in [-0.1, -0.05) is 6.07 Å². The number of fused-ring (bicyclic) bond motifs is 1. The van der Waals surface area contributed by atoms with Crippen molar-refractivity contribution in [2.45, 2.75) is 43.6 Å². The summed E-state index contributed by atoms with van der Waals surface area (Å²) in [7, 11) is 0. The van der Waals surface area contributed by atoms with E-state index in [0.717, 1.165) is 6.07 Å². The first-order valence-electron chi connectivity index (χ1n) is 10.8. The van der Waals surface area contributed by atoms with E-state index in [0.29, 0.717) is 18.4 Å². The van der Waals surface area contributed by atoms with Gasteiger partial charge in [-0.05, 0) is 42.7 Å². The average Bonchev–Trinajstić information content (AvgIpc) is 3.31. The molecule has 9 heteroatoms. The van der Waals surface area contributed by atoms with Crippen LogP contribution in [-0.2, 0) is 9.53 Å². The number of carbonyl (C=O) groups excluding carboxylic acids is 2. The number of carbonyl (C=O) groups is 2. The molecule has 0 aromatic heterocycles. The third-order valence-corrected chi connectivity index (χ3v) is 6.80. The quantitative estimate of drug-likeness (QED) is 0.693. The normalized spacial score (nSPS) is 23.6. The molecule has 2 unspecified atom stereocenters. The zero-order valence-electron chi connectivity index (χ0n) is 17.6. The molecule has 0 radical (unpaired) electrons. The van der Waals surface area contributed by atoms with E-state index in [1.807, 2.05) is 0 Å². The summed E-state index contributed by atoms with van der Waals surface area (Å²) in [5, 5.41) is 9.00. The third kappa shape index (κ3) is 3.45. The van der Waals surface area contributed by atoms with Gasteiger partial charge in [0.15, 0.2) is 11.4 Å². The second-order valence-electron chi connectivity index (χ2n) is 8.65. The third-order valence-electron chi connectivity index (χ3n) is 6.80. The van der Waals surface area contributed by atoms with Gasteiger partial charge in [0.2, 0.25) is 0 Å². The van der Waals surface area contributed by atoms with Crippen molar-refractivity contribution < 1.29 is 27.5 Å². The summed E-state index contributed by atoms with van der Waals surface area (Å²) in [5.41, 5.74) is -1.11. The first kappa shape index (κ1) is 21.5. The fourth-order valence-electron chi connectivity index (χ4n) is 5.16. The van der Waals surface area contributed by atoms with Gasteiger partial charge in [-0.2, -0.15) is 5.26 Å². The van der Waals surface area contributed by atoms with Crippen LogP contribution in [0, 0.1) is 28.8 Å². The first-order chi connectivity index (χ1) is 15.8. The number of hydrogen-bond donors (Lipinski definition) is 0. The number of ether oxygens (including phenoxy) is 1. The second-order valence-corrected chi connectivity index (χ2v) is 8.65. The molecule has 2 aromatic carbocycles. The van der Waals surface area contributed by atoms with E-state index in [-0.39, 0.29) is 43.0 Å². The predicted octanol–water partition coefficient (Wildman–Crippen LogP) is 3.67.